The lowest BCUT2D eigenvalue weighted by Gasteiger charge is -2.43. The van der Waals surface area contributed by atoms with Gasteiger partial charge in [0.15, 0.2) is 27.3 Å². The van der Waals surface area contributed by atoms with Crippen molar-refractivity contribution in [3.63, 3.8) is 0 Å². The van der Waals surface area contributed by atoms with Gasteiger partial charge in [-0.05, 0) is 67.7 Å². The number of benzene rings is 2. The minimum Gasteiger partial charge on any atom is -0.388 e. The van der Waals surface area contributed by atoms with Gasteiger partial charge in [-0.3, -0.25) is 4.79 Å². The third-order valence-corrected chi connectivity index (χ3v) is 10.6. The Kier molecular flexibility index (Phi) is 8.19. The van der Waals surface area contributed by atoms with E-state index in [1.54, 1.807) is 0 Å². The monoisotopic (exact) mass is 572 g/mol. The molecule has 0 spiro atoms. The number of anilines is 1. The molecule has 38 heavy (non-hydrogen) atoms. The van der Waals surface area contributed by atoms with Crippen molar-refractivity contribution < 1.29 is 31.5 Å². The lowest BCUT2D eigenvalue weighted by Crippen LogP contribution is -2.54. The Morgan fingerprint density at radius 2 is 1.79 bits per heavy atom. The smallest absolute Gasteiger partial charge is 0.255 e. The number of nitrogens with one attached hydrogen (secondary N) is 2. The average molecular weight is 573 g/mol. The van der Waals surface area contributed by atoms with Gasteiger partial charge < -0.3 is 15.7 Å². The van der Waals surface area contributed by atoms with Crippen molar-refractivity contribution in [1.82, 2.24) is 5.32 Å². The number of sulfone groups is 1. The maximum Gasteiger partial charge on any atom is 0.255 e. The summed E-state index contributed by atoms with van der Waals surface area (Å²) in [4.78, 5) is 12.5. The van der Waals surface area contributed by atoms with Gasteiger partial charge in [0.1, 0.15) is 0 Å². The highest BCUT2D eigenvalue weighted by Gasteiger charge is 2.58. The standard InChI is InChI=1S/C27H32ClF3N2O4S/c1-14(2)12-32-13-27(35)17-6-15(3)20(27)11-19(8-17)38(36,37)24-7-16(4-5-21(24)28)26(34)33-18-9-22(29)25(31)23(30)10-18/h4-5,7,9-10,14-15,17,19-20,32,35H,6,8,11-13H2,1-3H3,(H,33,34)/t15-,17?,19+,20?,27+/m0/s1. The third kappa shape index (κ3) is 5.46. The summed E-state index contributed by atoms with van der Waals surface area (Å²) in [6, 6.07) is 4.96. The van der Waals surface area contributed by atoms with Crippen molar-refractivity contribution in [2.45, 2.75) is 55.8 Å². The van der Waals surface area contributed by atoms with Crippen molar-refractivity contribution in [3.8, 4) is 0 Å². The first kappa shape index (κ1) is 28.9. The van der Waals surface area contributed by atoms with E-state index in [1.807, 2.05) is 6.92 Å². The summed E-state index contributed by atoms with van der Waals surface area (Å²) < 4.78 is 67.8. The van der Waals surface area contributed by atoms with Crippen LogP contribution < -0.4 is 10.6 Å². The summed E-state index contributed by atoms with van der Waals surface area (Å²) >= 11 is 6.28. The summed E-state index contributed by atoms with van der Waals surface area (Å²) in [5.74, 6) is -5.31. The molecular formula is C27H32ClF3N2O4S. The average Bonchev–Trinajstić information content (AvgIpc) is 2.95. The zero-order valence-electron chi connectivity index (χ0n) is 21.4. The molecule has 5 atom stereocenters. The maximum absolute atomic E-state index is 13.8. The largest absolute Gasteiger partial charge is 0.388 e. The Labute approximate surface area is 225 Å². The Morgan fingerprint density at radius 1 is 1.13 bits per heavy atom. The van der Waals surface area contributed by atoms with E-state index < -0.39 is 44.0 Å². The Bertz CT molecular complexity index is 1320. The molecule has 2 unspecified atom stereocenters. The molecule has 2 saturated carbocycles. The molecule has 1 amide bonds. The van der Waals surface area contributed by atoms with Gasteiger partial charge in [-0.15, -0.1) is 0 Å². The van der Waals surface area contributed by atoms with Crippen LogP contribution in [0.15, 0.2) is 35.2 Å². The highest BCUT2D eigenvalue weighted by molar-refractivity contribution is 7.92. The zero-order chi connectivity index (χ0) is 28.0. The molecule has 0 aliphatic heterocycles. The lowest BCUT2D eigenvalue weighted by molar-refractivity contribution is -0.0615. The Morgan fingerprint density at radius 3 is 2.39 bits per heavy atom. The molecule has 2 aromatic carbocycles. The summed E-state index contributed by atoms with van der Waals surface area (Å²) in [7, 11) is -3.99. The van der Waals surface area contributed by atoms with Crippen LogP contribution in [0.5, 0.6) is 0 Å². The SMILES string of the molecule is CC(C)CNC[C@@]1(O)C2C[C@@H](S(=O)(=O)c3cc(C(=O)Nc4cc(F)c(F)c(F)c4)ccc3Cl)CC1[C@@H](C)C2. The van der Waals surface area contributed by atoms with Gasteiger partial charge in [0.25, 0.3) is 5.91 Å². The third-order valence-electron chi connectivity index (χ3n) is 7.90. The first-order valence-electron chi connectivity index (χ1n) is 12.7. The van der Waals surface area contributed by atoms with Gasteiger partial charge in [-0.2, -0.15) is 0 Å². The van der Waals surface area contributed by atoms with Crippen molar-refractivity contribution >= 4 is 33.0 Å². The first-order chi connectivity index (χ1) is 17.7. The molecule has 4 rings (SSSR count). The van der Waals surface area contributed by atoms with Crippen molar-refractivity contribution in [1.29, 1.82) is 0 Å². The molecule has 2 aromatic rings. The predicted molar refractivity (Wildman–Crippen MR) is 139 cm³/mol. The summed E-state index contributed by atoms with van der Waals surface area (Å²) in [6.45, 7) is 7.34. The van der Waals surface area contributed by atoms with Crippen molar-refractivity contribution in [2.75, 3.05) is 18.4 Å². The molecule has 0 heterocycles. The molecule has 2 fully saturated rings. The second-order valence-corrected chi connectivity index (χ2v) is 13.6. The molecule has 11 heteroatoms. The minimum absolute atomic E-state index is 0.0553. The van der Waals surface area contributed by atoms with Crippen LogP contribution in [0.4, 0.5) is 18.9 Å². The van der Waals surface area contributed by atoms with Gasteiger partial charge in [-0.25, -0.2) is 21.6 Å². The highest BCUT2D eigenvalue weighted by Crippen LogP contribution is 2.54. The van der Waals surface area contributed by atoms with Gasteiger partial charge in [0, 0.05) is 29.9 Å². The van der Waals surface area contributed by atoms with Crippen molar-refractivity contribution in [2.24, 2.45) is 23.7 Å². The molecule has 0 aromatic heterocycles. The fourth-order valence-electron chi connectivity index (χ4n) is 6.01. The highest BCUT2D eigenvalue weighted by atomic mass is 35.5. The number of halogens is 4. The number of amides is 1. The number of carbonyl (C=O) groups is 1. The molecule has 2 bridgehead atoms. The molecule has 3 N–H and O–H groups in total. The fourth-order valence-corrected chi connectivity index (χ4v) is 8.39. The molecule has 0 radical (unpaired) electrons. The Balaban J connectivity index is 1.56. The number of rotatable bonds is 8. The number of carbonyl (C=O) groups excluding carboxylic acids is 1. The van der Waals surface area contributed by atoms with E-state index in [0.717, 1.165) is 19.0 Å². The summed E-state index contributed by atoms with van der Waals surface area (Å²) in [5, 5.41) is 16.3. The molecule has 0 saturated heterocycles. The van der Waals surface area contributed by atoms with E-state index in [9.17, 15) is 31.5 Å². The normalized spacial score (nSPS) is 27.1. The minimum atomic E-state index is -3.99. The van der Waals surface area contributed by atoms with E-state index in [0.29, 0.717) is 24.6 Å². The quantitative estimate of drug-likeness (QED) is 0.378. The van der Waals surface area contributed by atoms with Crippen LogP contribution in [0.1, 0.15) is 50.4 Å². The van der Waals surface area contributed by atoms with Crippen LogP contribution in [-0.4, -0.2) is 43.4 Å². The van der Waals surface area contributed by atoms with E-state index in [-0.39, 0.29) is 51.8 Å². The molecule has 2 aliphatic rings. The summed E-state index contributed by atoms with van der Waals surface area (Å²) in [5.41, 5.74) is -1.42. The van der Waals surface area contributed by atoms with Crippen LogP contribution in [0.25, 0.3) is 0 Å². The topological polar surface area (TPSA) is 95.5 Å². The van der Waals surface area contributed by atoms with Crippen LogP contribution in [0.3, 0.4) is 0 Å². The van der Waals surface area contributed by atoms with E-state index >= 15 is 0 Å². The van der Waals surface area contributed by atoms with Gasteiger partial charge in [0.2, 0.25) is 0 Å². The second kappa shape index (κ2) is 10.8. The van der Waals surface area contributed by atoms with E-state index in [1.165, 1.54) is 12.1 Å². The van der Waals surface area contributed by atoms with Crippen LogP contribution in [0.2, 0.25) is 5.02 Å². The van der Waals surface area contributed by atoms with Gasteiger partial charge >= 0.3 is 0 Å². The van der Waals surface area contributed by atoms with E-state index in [4.69, 9.17) is 11.6 Å². The second-order valence-electron chi connectivity index (χ2n) is 11.0. The molecule has 208 valence electrons. The molecular weight excluding hydrogens is 541 g/mol. The number of aliphatic hydroxyl groups is 1. The predicted octanol–water partition coefficient (Wildman–Crippen LogP) is 5.19. The van der Waals surface area contributed by atoms with Gasteiger partial charge in [-0.1, -0.05) is 32.4 Å². The lowest BCUT2D eigenvalue weighted by atomic mass is 9.73. The van der Waals surface area contributed by atoms with Crippen molar-refractivity contribution in [3.05, 3.63) is 58.4 Å². The first-order valence-corrected chi connectivity index (χ1v) is 14.6. The van der Waals surface area contributed by atoms with Crippen LogP contribution >= 0.6 is 11.6 Å². The van der Waals surface area contributed by atoms with Crippen LogP contribution in [-0.2, 0) is 9.84 Å². The molecule has 2 aliphatic carbocycles. The zero-order valence-corrected chi connectivity index (χ0v) is 23.0. The number of hydrogen-bond donors (Lipinski definition) is 3. The van der Waals surface area contributed by atoms with Crippen LogP contribution in [0, 0.1) is 41.1 Å². The van der Waals surface area contributed by atoms with E-state index in [2.05, 4.69) is 24.5 Å². The number of fused-ring (bicyclic) bond motifs is 2. The maximum atomic E-state index is 13.8. The summed E-state index contributed by atoms with van der Waals surface area (Å²) in [6.07, 6.45) is 1.25. The Hall–Kier alpha value is -2.14. The number of hydrogen-bond acceptors (Lipinski definition) is 5. The van der Waals surface area contributed by atoms with Gasteiger partial charge in [0.05, 0.1) is 20.8 Å². The fraction of sp³-hybridized carbons (Fsp3) is 0.519. The molecule has 6 nitrogen and oxygen atoms in total.